The normalized spacial score (nSPS) is 10.4. The summed E-state index contributed by atoms with van der Waals surface area (Å²) in [6, 6.07) is 7.82. The molecular formula is C13H15N3O2. The Bertz CT molecular complexity index is 585. The predicted molar refractivity (Wildman–Crippen MR) is 68.8 cm³/mol. The van der Waals surface area contributed by atoms with Gasteiger partial charge in [-0.1, -0.05) is 17.7 Å². The number of nitrogens with zero attached hydrogens (tertiary/aromatic N) is 2. The van der Waals surface area contributed by atoms with Gasteiger partial charge in [-0.15, -0.1) is 0 Å². The first-order valence-corrected chi connectivity index (χ1v) is 5.54. The number of esters is 1. The molecule has 5 heteroatoms. The van der Waals surface area contributed by atoms with Gasteiger partial charge in [0.2, 0.25) is 0 Å². The lowest BCUT2D eigenvalue weighted by molar-refractivity contribution is 0.0596. The van der Waals surface area contributed by atoms with Crippen LogP contribution in [0.25, 0.3) is 5.69 Å². The average Bonchev–Trinajstić information content (AvgIpc) is 2.65. The zero-order valence-corrected chi connectivity index (χ0v) is 10.6. The zero-order chi connectivity index (χ0) is 13.3. The Labute approximate surface area is 105 Å². The molecule has 0 aliphatic heterocycles. The third-order valence-electron chi connectivity index (χ3n) is 2.75. The summed E-state index contributed by atoms with van der Waals surface area (Å²) in [5.41, 5.74) is 8.13. The SMILES string of the molecule is COC(=O)c1nc(C)n(-c2ccc(C)cc2)c1N. The first-order chi connectivity index (χ1) is 8.54. The first-order valence-electron chi connectivity index (χ1n) is 5.54. The molecule has 5 nitrogen and oxygen atoms in total. The van der Waals surface area contributed by atoms with Gasteiger partial charge in [-0.2, -0.15) is 0 Å². The number of nitrogens with two attached hydrogens (primary N) is 1. The molecule has 94 valence electrons. The topological polar surface area (TPSA) is 70.1 Å². The Morgan fingerprint density at radius 2 is 1.89 bits per heavy atom. The van der Waals surface area contributed by atoms with Crippen molar-refractivity contribution < 1.29 is 9.53 Å². The fraction of sp³-hybridized carbons (Fsp3) is 0.231. The Morgan fingerprint density at radius 3 is 2.44 bits per heavy atom. The molecule has 0 atom stereocenters. The minimum atomic E-state index is -0.526. The maximum atomic E-state index is 11.5. The Kier molecular flexibility index (Phi) is 3.06. The molecule has 0 unspecified atom stereocenters. The molecule has 1 heterocycles. The van der Waals surface area contributed by atoms with Crippen molar-refractivity contribution >= 4 is 11.8 Å². The second kappa shape index (κ2) is 4.52. The van der Waals surface area contributed by atoms with Crippen LogP contribution in [0.5, 0.6) is 0 Å². The number of benzene rings is 1. The third-order valence-corrected chi connectivity index (χ3v) is 2.75. The highest BCUT2D eigenvalue weighted by Gasteiger charge is 2.19. The van der Waals surface area contributed by atoms with Crippen molar-refractivity contribution in [1.82, 2.24) is 9.55 Å². The van der Waals surface area contributed by atoms with Crippen LogP contribution in [0, 0.1) is 13.8 Å². The van der Waals surface area contributed by atoms with E-state index in [0.717, 1.165) is 11.3 Å². The number of rotatable bonds is 2. The van der Waals surface area contributed by atoms with Gasteiger partial charge in [-0.3, -0.25) is 4.57 Å². The van der Waals surface area contributed by atoms with E-state index in [4.69, 9.17) is 5.73 Å². The summed E-state index contributed by atoms with van der Waals surface area (Å²) in [7, 11) is 1.31. The van der Waals surface area contributed by atoms with E-state index in [-0.39, 0.29) is 5.69 Å². The minimum Gasteiger partial charge on any atom is -0.464 e. The number of aryl methyl sites for hydroxylation is 2. The number of ether oxygens (including phenoxy) is 1. The van der Waals surface area contributed by atoms with E-state index >= 15 is 0 Å². The van der Waals surface area contributed by atoms with Crippen LogP contribution < -0.4 is 5.73 Å². The van der Waals surface area contributed by atoms with E-state index in [1.165, 1.54) is 7.11 Å². The number of aromatic nitrogens is 2. The lowest BCUT2D eigenvalue weighted by Gasteiger charge is -2.07. The van der Waals surface area contributed by atoms with E-state index in [9.17, 15) is 4.79 Å². The van der Waals surface area contributed by atoms with Gasteiger partial charge in [0.25, 0.3) is 0 Å². The van der Waals surface area contributed by atoms with Gasteiger partial charge in [-0.05, 0) is 26.0 Å². The molecule has 0 fully saturated rings. The summed E-state index contributed by atoms with van der Waals surface area (Å²) in [6.07, 6.45) is 0. The summed E-state index contributed by atoms with van der Waals surface area (Å²) >= 11 is 0. The first kappa shape index (κ1) is 12.2. The molecule has 0 saturated heterocycles. The molecule has 0 aliphatic rings. The van der Waals surface area contributed by atoms with Crippen LogP contribution >= 0.6 is 0 Å². The van der Waals surface area contributed by atoms with E-state index in [1.807, 2.05) is 31.2 Å². The Balaban J connectivity index is 2.55. The molecule has 2 rings (SSSR count). The van der Waals surface area contributed by atoms with Gasteiger partial charge >= 0.3 is 5.97 Å². The molecule has 18 heavy (non-hydrogen) atoms. The molecule has 0 spiro atoms. The fourth-order valence-corrected chi connectivity index (χ4v) is 1.82. The summed E-state index contributed by atoms with van der Waals surface area (Å²) in [4.78, 5) is 15.7. The molecule has 2 N–H and O–H groups in total. The number of carbonyl (C=O) groups is 1. The van der Waals surface area contributed by atoms with Crippen molar-refractivity contribution in [2.45, 2.75) is 13.8 Å². The third kappa shape index (κ3) is 1.95. The number of hydrogen-bond donors (Lipinski definition) is 1. The van der Waals surface area contributed by atoms with Crippen molar-refractivity contribution in [1.29, 1.82) is 0 Å². The van der Waals surface area contributed by atoms with Gasteiger partial charge in [0.1, 0.15) is 11.6 Å². The maximum Gasteiger partial charge on any atom is 0.360 e. The fourth-order valence-electron chi connectivity index (χ4n) is 1.82. The van der Waals surface area contributed by atoms with Gasteiger partial charge in [0.15, 0.2) is 5.69 Å². The summed E-state index contributed by atoms with van der Waals surface area (Å²) in [5, 5.41) is 0. The van der Waals surface area contributed by atoms with Crippen LogP contribution in [0.15, 0.2) is 24.3 Å². The number of nitrogen functional groups attached to an aromatic ring is 1. The lowest BCUT2D eigenvalue weighted by atomic mass is 10.2. The Hall–Kier alpha value is -2.30. The van der Waals surface area contributed by atoms with E-state index in [1.54, 1.807) is 11.5 Å². The molecule has 0 bridgehead atoms. The number of anilines is 1. The van der Waals surface area contributed by atoms with Crippen molar-refractivity contribution in [2.75, 3.05) is 12.8 Å². The largest absolute Gasteiger partial charge is 0.464 e. The van der Waals surface area contributed by atoms with Crippen molar-refractivity contribution in [3.05, 3.63) is 41.3 Å². The van der Waals surface area contributed by atoms with Crippen LogP contribution in [-0.2, 0) is 4.74 Å². The molecule has 1 aromatic carbocycles. The molecule has 2 aromatic rings. The van der Waals surface area contributed by atoms with E-state index < -0.39 is 5.97 Å². The second-order valence-corrected chi connectivity index (χ2v) is 4.06. The van der Waals surface area contributed by atoms with Crippen molar-refractivity contribution in [2.24, 2.45) is 0 Å². The van der Waals surface area contributed by atoms with Crippen LogP contribution in [0.1, 0.15) is 21.9 Å². The summed E-state index contributed by atoms with van der Waals surface area (Å²) in [5.74, 6) is 0.418. The van der Waals surface area contributed by atoms with Gasteiger partial charge in [-0.25, -0.2) is 9.78 Å². The monoisotopic (exact) mass is 245 g/mol. The number of hydrogen-bond acceptors (Lipinski definition) is 4. The van der Waals surface area contributed by atoms with Crippen LogP contribution in [-0.4, -0.2) is 22.6 Å². The van der Waals surface area contributed by atoms with Crippen molar-refractivity contribution in [3.63, 3.8) is 0 Å². The molecule has 0 saturated carbocycles. The van der Waals surface area contributed by atoms with Gasteiger partial charge < -0.3 is 10.5 Å². The molecule has 1 aromatic heterocycles. The zero-order valence-electron chi connectivity index (χ0n) is 10.6. The van der Waals surface area contributed by atoms with Crippen LogP contribution in [0.4, 0.5) is 5.82 Å². The molecule has 0 aliphatic carbocycles. The smallest absolute Gasteiger partial charge is 0.360 e. The Morgan fingerprint density at radius 1 is 1.28 bits per heavy atom. The predicted octanol–water partition coefficient (Wildman–Crippen LogP) is 1.86. The number of imidazole rings is 1. The second-order valence-electron chi connectivity index (χ2n) is 4.06. The summed E-state index contributed by atoms with van der Waals surface area (Å²) < 4.78 is 6.37. The number of carbonyl (C=O) groups excluding carboxylic acids is 1. The highest BCUT2D eigenvalue weighted by Crippen LogP contribution is 2.21. The minimum absolute atomic E-state index is 0.149. The standard InChI is InChI=1S/C13H15N3O2/c1-8-4-6-10(7-5-8)16-9(2)15-11(12(16)14)13(17)18-3/h4-7H,14H2,1-3H3. The summed E-state index contributed by atoms with van der Waals surface area (Å²) in [6.45, 7) is 3.80. The maximum absolute atomic E-state index is 11.5. The lowest BCUT2D eigenvalue weighted by Crippen LogP contribution is -2.07. The molecular weight excluding hydrogens is 230 g/mol. The van der Waals surface area contributed by atoms with Crippen molar-refractivity contribution in [3.8, 4) is 5.69 Å². The highest BCUT2D eigenvalue weighted by molar-refractivity contribution is 5.92. The molecule has 0 radical (unpaired) electrons. The average molecular weight is 245 g/mol. The highest BCUT2D eigenvalue weighted by atomic mass is 16.5. The van der Waals surface area contributed by atoms with Crippen LogP contribution in [0.2, 0.25) is 0 Å². The molecule has 0 amide bonds. The van der Waals surface area contributed by atoms with Gasteiger partial charge in [0, 0.05) is 5.69 Å². The quantitative estimate of drug-likeness (QED) is 0.820. The van der Waals surface area contributed by atoms with Crippen LogP contribution in [0.3, 0.4) is 0 Å². The van der Waals surface area contributed by atoms with E-state index in [0.29, 0.717) is 11.6 Å². The number of methoxy groups -OCH3 is 1. The van der Waals surface area contributed by atoms with Gasteiger partial charge in [0.05, 0.1) is 7.11 Å². The van der Waals surface area contributed by atoms with E-state index in [2.05, 4.69) is 9.72 Å².